The first-order chi connectivity index (χ1) is 8.13. The van der Waals surface area contributed by atoms with Gasteiger partial charge in [0.15, 0.2) is 0 Å². The average molecular weight is 233 g/mol. The van der Waals surface area contributed by atoms with Crippen LogP contribution in [0, 0.1) is 13.8 Å². The van der Waals surface area contributed by atoms with E-state index in [1.54, 1.807) is 0 Å². The van der Waals surface area contributed by atoms with Crippen molar-refractivity contribution in [1.82, 2.24) is 0 Å². The zero-order valence-electron chi connectivity index (χ0n) is 11.8. The molecule has 0 heterocycles. The fourth-order valence-electron chi connectivity index (χ4n) is 2.11. The number of hydrogen-bond donors (Lipinski definition) is 1. The van der Waals surface area contributed by atoms with E-state index < -0.39 is 0 Å². The number of benzene rings is 1. The van der Waals surface area contributed by atoms with Gasteiger partial charge in [-0.15, -0.1) is 0 Å². The maximum Gasteiger partial charge on any atom is 0.0374 e. The third-order valence-corrected chi connectivity index (χ3v) is 3.29. The van der Waals surface area contributed by atoms with Crippen LogP contribution in [-0.2, 0) is 0 Å². The van der Waals surface area contributed by atoms with Crippen LogP contribution in [0.3, 0.4) is 0 Å². The molecule has 1 nitrogen and oxygen atoms in total. The lowest BCUT2D eigenvalue weighted by Gasteiger charge is -2.17. The van der Waals surface area contributed by atoms with Crippen LogP contribution in [0.4, 0.5) is 5.69 Å². The van der Waals surface area contributed by atoms with E-state index in [9.17, 15) is 0 Å². The molecule has 0 saturated carbocycles. The number of hydrogen-bond acceptors (Lipinski definition) is 1. The number of rotatable bonds is 7. The van der Waals surface area contributed by atoms with Crippen molar-refractivity contribution in [1.29, 1.82) is 0 Å². The summed E-state index contributed by atoms with van der Waals surface area (Å²) in [7, 11) is 0. The van der Waals surface area contributed by atoms with Crippen molar-refractivity contribution < 1.29 is 0 Å². The Morgan fingerprint density at radius 1 is 1.12 bits per heavy atom. The molecule has 0 fully saturated rings. The van der Waals surface area contributed by atoms with Crippen molar-refractivity contribution in [3.63, 3.8) is 0 Å². The Morgan fingerprint density at radius 2 is 1.88 bits per heavy atom. The van der Waals surface area contributed by atoms with E-state index in [2.05, 4.69) is 51.2 Å². The highest BCUT2D eigenvalue weighted by Gasteiger charge is 2.04. The summed E-state index contributed by atoms with van der Waals surface area (Å²) >= 11 is 0. The molecule has 0 radical (unpaired) electrons. The molecule has 1 aromatic rings. The molecule has 0 aliphatic heterocycles. The molecule has 17 heavy (non-hydrogen) atoms. The Hall–Kier alpha value is -0.980. The predicted molar refractivity (Wildman–Crippen MR) is 77.8 cm³/mol. The summed E-state index contributed by atoms with van der Waals surface area (Å²) in [6, 6.07) is 7.19. The summed E-state index contributed by atoms with van der Waals surface area (Å²) in [4.78, 5) is 0. The number of anilines is 1. The summed E-state index contributed by atoms with van der Waals surface area (Å²) in [6.45, 7) is 8.87. The molecule has 1 heteroatoms. The highest BCUT2D eigenvalue weighted by molar-refractivity contribution is 5.52. The maximum atomic E-state index is 3.63. The van der Waals surface area contributed by atoms with Crippen LogP contribution < -0.4 is 5.32 Å². The standard InChI is InChI=1S/C16H27N/c1-5-6-7-8-9-15(4)17-16-12-13(2)10-11-14(16)3/h10-12,15,17H,5-9H2,1-4H3. The highest BCUT2D eigenvalue weighted by atomic mass is 14.9. The molecule has 0 aliphatic carbocycles. The zero-order valence-corrected chi connectivity index (χ0v) is 11.8. The molecule has 0 saturated heterocycles. The van der Waals surface area contributed by atoms with Crippen molar-refractivity contribution in [2.45, 2.75) is 65.8 Å². The van der Waals surface area contributed by atoms with E-state index >= 15 is 0 Å². The second kappa shape index (κ2) is 7.37. The molecule has 1 aromatic carbocycles. The van der Waals surface area contributed by atoms with Crippen LogP contribution in [0.1, 0.15) is 57.1 Å². The SMILES string of the molecule is CCCCCCC(C)Nc1cc(C)ccc1C. The summed E-state index contributed by atoms with van der Waals surface area (Å²) in [6.07, 6.45) is 6.67. The lowest BCUT2D eigenvalue weighted by molar-refractivity contribution is 0.594. The third kappa shape index (κ3) is 5.25. The molecule has 1 rings (SSSR count). The second-order valence-corrected chi connectivity index (χ2v) is 5.21. The first-order valence-corrected chi connectivity index (χ1v) is 6.97. The van der Waals surface area contributed by atoms with E-state index in [-0.39, 0.29) is 0 Å². The Morgan fingerprint density at radius 3 is 2.59 bits per heavy atom. The van der Waals surface area contributed by atoms with Gasteiger partial charge in [0.05, 0.1) is 0 Å². The molecule has 0 aromatic heterocycles. The van der Waals surface area contributed by atoms with Gasteiger partial charge in [-0.25, -0.2) is 0 Å². The van der Waals surface area contributed by atoms with Gasteiger partial charge in [0.2, 0.25) is 0 Å². The molecule has 0 aliphatic rings. The summed E-state index contributed by atoms with van der Waals surface area (Å²) < 4.78 is 0. The Balaban J connectivity index is 2.39. The first kappa shape index (κ1) is 14.1. The van der Waals surface area contributed by atoms with Crippen molar-refractivity contribution in [2.24, 2.45) is 0 Å². The molecular weight excluding hydrogens is 206 g/mol. The van der Waals surface area contributed by atoms with Gasteiger partial charge in [-0.2, -0.15) is 0 Å². The molecule has 0 amide bonds. The summed E-state index contributed by atoms with van der Waals surface area (Å²) in [5, 5.41) is 3.63. The Kier molecular flexibility index (Phi) is 6.10. The van der Waals surface area contributed by atoms with Crippen LogP contribution in [0.2, 0.25) is 0 Å². The molecule has 1 N–H and O–H groups in total. The fourth-order valence-corrected chi connectivity index (χ4v) is 2.11. The van der Waals surface area contributed by atoms with Crippen molar-refractivity contribution in [3.05, 3.63) is 29.3 Å². The van der Waals surface area contributed by atoms with Gasteiger partial charge in [0.25, 0.3) is 0 Å². The summed E-state index contributed by atoms with van der Waals surface area (Å²) in [5.74, 6) is 0. The van der Waals surface area contributed by atoms with Gasteiger partial charge in [-0.05, 0) is 44.4 Å². The molecular formula is C16H27N. The maximum absolute atomic E-state index is 3.63. The first-order valence-electron chi connectivity index (χ1n) is 6.97. The predicted octanol–water partition coefficient (Wildman–Crippen LogP) is 5.07. The van der Waals surface area contributed by atoms with Crippen molar-refractivity contribution in [3.8, 4) is 0 Å². The molecule has 0 bridgehead atoms. The molecule has 1 atom stereocenters. The summed E-state index contributed by atoms with van der Waals surface area (Å²) in [5.41, 5.74) is 3.97. The second-order valence-electron chi connectivity index (χ2n) is 5.21. The van der Waals surface area contributed by atoms with Crippen molar-refractivity contribution in [2.75, 3.05) is 5.32 Å². The Labute approximate surface area is 107 Å². The molecule has 0 spiro atoms. The van der Waals surface area contributed by atoms with E-state index in [0.717, 1.165) is 0 Å². The van der Waals surface area contributed by atoms with Crippen LogP contribution in [-0.4, -0.2) is 6.04 Å². The highest BCUT2D eigenvalue weighted by Crippen LogP contribution is 2.18. The minimum absolute atomic E-state index is 0.576. The van der Waals surface area contributed by atoms with Gasteiger partial charge < -0.3 is 5.32 Å². The van der Waals surface area contributed by atoms with Crippen LogP contribution in [0.5, 0.6) is 0 Å². The quantitative estimate of drug-likeness (QED) is 0.648. The van der Waals surface area contributed by atoms with Gasteiger partial charge >= 0.3 is 0 Å². The molecule has 96 valence electrons. The van der Waals surface area contributed by atoms with Crippen LogP contribution >= 0.6 is 0 Å². The normalized spacial score (nSPS) is 12.5. The topological polar surface area (TPSA) is 12.0 Å². The average Bonchev–Trinajstić information content (AvgIpc) is 2.29. The minimum atomic E-state index is 0.576. The minimum Gasteiger partial charge on any atom is -0.382 e. The number of nitrogens with one attached hydrogen (secondary N) is 1. The number of aryl methyl sites for hydroxylation is 2. The smallest absolute Gasteiger partial charge is 0.0374 e. The van der Waals surface area contributed by atoms with Gasteiger partial charge in [-0.1, -0.05) is 44.7 Å². The Bertz CT molecular complexity index is 330. The van der Waals surface area contributed by atoms with Gasteiger partial charge in [0, 0.05) is 11.7 Å². The zero-order chi connectivity index (χ0) is 12.7. The lowest BCUT2D eigenvalue weighted by atomic mass is 10.1. The van der Waals surface area contributed by atoms with Gasteiger partial charge in [0.1, 0.15) is 0 Å². The largest absolute Gasteiger partial charge is 0.382 e. The molecule has 1 unspecified atom stereocenters. The van der Waals surface area contributed by atoms with E-state index in [0.29, 0.717) is 6.04 Å². The van der Waals surface area contributed by atoms with E-state index in [1.165, 1.54) is 48.9 Å². The fraction of sp³-hybridized carbons (Fsp3) is 0.625. The monoisotopic (exact) mass is 233 g/mol. The van der Waals surface area contributed by atoms with Crippen LogP contribution in [0.25, 0.3) is 0 Å². The third-order valence-electron chi connectivity index (χ3n) is 3.29. The lowest BCUT2D eigenvalue weighted by Crippen LogP contribution is -2.15. The van der Waals surface area contributed by atoms with E-state index in [4.69, 9.17) is 0 Å². The van der Waals surface area contributed by atoms with Crippen LogP contribution in [0.15, 0.2) is 18.2 Å². The van der Waals surface area contributed by atoms with Gasteiger partial charge in [-0.3, -0.25) is 0 Å². The van der Waals surface area contributed by atoms with Crippen molar-refractivity contribution >= 4 is 5.69 Å². The van der Waals surface area contributed by atoms with E-state index in [1.807, 2.05) is 0 Å². The number of unbranched alkanes of at least 4 members (excludes halogenated alkanes) is 3.